The topological polar surface area (TPSA) is 29.5 Å². The van der Waals surface area contributed by atoms with Crippen LogP contribution in [0.3, 0.4) is 0 Å². The van der Waals surface area contributed by atoms with Crippen molar-refractivity contribution in [3.8, 4) is 83.6 Å². The Morgan fingerprint density at radius 3 is 0.962 bits per heavy atom. The van der Waals surface area contributed by atoms with Gasteiger partial charge in [0.2, 0.25) is 0 Å². The summed E-state index contributed by atoms with van der Waals surface area (Å²) in [6.45, 7) is 0. The smallest absolute Gasteiger partial charge is 0.536 e. The zero-order valence-corrected chi connectivity index (χ0v) is 59.8. The van der Waals surface area contributed by atoms with Crippen molar-refractivity contribution in [2.24, 2.45) is 0 Å². The molecule has 491 valence electrons. The van der Waals surface area contributed by atoms with Gasteiger partial charge in [-0.05, 0) is 177 Å². The van der Waals surface area contributed by atoms with E-state index in [0.29, 0.717) is 5.75 Å². The van der Waals surface area contributed by atoms with Crippen molar-refractivity contribution < 1.29 is 9.68 Å². The van der Waals surface area contributed by atoms with Gasteiger partial charge >= 0.3 is 7.69 Å². The number of hydrogen-bond acceptors (Lipinski definition) is 4. The summed E-state index contributed by atoms with van der Waals surface area (Å²) in [5, 5.41) is 14.2. The van der Waals surface area contributed by atoms with Gasteiger partial charge in [0.1, 0.15) is 5.75 Å². The normalized spacial score (nSPS) is 12.7. The van der Waals surface area contributed by atoms with Crippen LogP contribution in [0.15, 0.2) is 393 Å². The molecule has 20 rings (SSSR count). The van der Waals surface area contributed by atoms with Gasteiger partial charge in [-0.2, -0.15) is 0 Å². The number of halogens is 1. The van der Waals surface area contributed by atoms with E-state index in [4.69, 9.17) is 4.65 Å². The fourth-order valence-corrected chi connectivity index (χ4v) is 18.9. The molecule has 6 heteroatoms. The van der Waals surface area contributed by atoms with Crippen molar-refractivity contribution in [2.45, 2.75) is 10.8 Å². The molecule has 0 bridgehead atoms. The van der Waals surface area contributed by atoms with Crippen LogP contribution in [0.1, 0.15) is 44.5 Å². The monoisotopic (exact) mass is 1430 g/mol. The molecule has 0 saturated heterocycles. The molecular formula is C98H65BBrO2S2. The van der Waals surface area contributed by atoms with Crippen molar-refractivity contribution in [1.29, 1.82) is 0 Å². The third-order valence-electron chi connectivity index (χ3n) is 20.9. The minimum atomic E-state index is -0.403. The predicted octanol–water partition coefficient (Wildman–Crippen LogP) is 26.5. The highest BCUT2D eigenvalue weighted by Crippen LogP contribution is 2.58. The van der Waals surface area contributed by atoms with Gasteiger partial charge in [-0.25, -0.2) is 0 Å². The fraction of sp³-hybridized carbons (Fsp3) is 0.0204. The first kappa shape index (κ1) is 64.4. The minimum absolute atomic E-state index is 0.283. The van der Waals surface area contributed by atoms with E-state index in [1.165, 1.54) is 142 Å². The molecule has 2 heterocycles. The fourth-order valence-electron chi connectivity index (χ4n) is 16.3. The third kappa shape index (κ3) is 11.2. The van der Waals surface area contributed by atoms with Crippen molar-refractivity contribution >= 4 is 86.6 Å². The maximum atomic E-state index is 9.27. The van der Waals surface area contributed by atoms with Crippen LogP contribution in [0, 0.1) is 0 Å². The van der Waals surface area contributed by atoms with Crippen LogP contribution >= 0.6 is 38.6 Å². The van der Waals surface area contributed by atoms with Crippen LogP contribution in [-0.4, -0.2) is 12.7 Å². The minimum Gasteiger partial charge on any atom is -0.536 e. The van der Waals surface area contributed by atoms with Crippen molar-refractivity contribution in [3.05, 3.63) is 437 Å². The van der Waals surface area contributed by atoms with Gasteiger partial charge in [0.15, 0.2) is 0 Å². The molecule has 16 aromatic carbocycles. The van der Waals surface area contributed by atoms with Crippen molar-refractivity contribution in [2.75, 3.05) is 0 Å². The summed E-state index contributed by atoms with van der Waals surface area (Å²) in [4.78, 5) is 0. The molecule has 1 radical (unpaired) electrons. The number of hydrogen-bond donors (Lipinski definition) is 1. The van der Waals surface area contributed by atoms with E-state index < -0.39 is 5.41 Å². The second-order valence-electron chi connectivity index (χ2n) is 26.6. The molecule has 104 heavy (non-hydrogen) atoms. The van der Waals surface area contributed by atoms with Crippen LogP contribution < -0.4 is 4.65 Å². The summed E-state index contributed by atoms with van der Waals surface area (Å²) >= 11 is 7.17. The van der Waals surface area contributed by atoms with Crippen LogP contribution in [0.5, 0.6) is 5.75 Å². The van der Waals surface area contributed by atoms with E-state index in [-0.39, 0.29) is 5.41 Å². The molecule has 0 saturated carbocycles. The average molecular weight is 1430 g/mol. The molecule has 0 spiro atoms. The van der Waals surface area contributed by atoms with Gasteiger partial charge < -0.3 is 9.68 Å². The summed E-state index contributed by atoms with van der Waals surface area (Å²) in [7, 11) is 0.753. The van der Waals surface area contributed by atoms with Gasteiger partial charge in [0.05, 0.1) is 15.5 Å². The first-order chi connectivity index (χ1) is 51.4. The SMILES string of the molecule is Brc1ccc(C2(c3ccccc3)c3ccccc3-c3ccccc32)cc1.O[B]Oc1cc(-c2ccccc2)cc2c1sc1ccc(-c3ccccc3)cc12.c1ccc(-c2ccc3sc4c(-c5ccc(C6(c7ccccc7)c7ccccc7-c7ccccc76)cc5)cc(-c5ccccc5)cc4c3c2)cc1. The highest BCUT2D eigenvalue weighted by atomic mass is 79.9. The lowest BCUT2D eigenvalue weighted by atomic mass is 9.67. The maximum absolute atomic E-state index is 9.27. The molecule has 2 aliphatic carbocycles. The lowest BCUT2D eigenvalue weighted by Crippen LogP contribution is -2.28. The first-order valence-corrected chi connectivity index (χ1v) is 37.6. The summed E-state index contributed by atoms with van der Waals surface area (Å²) in [5.41, 5.74) is 27.2. The summed E-state index contributed by atoms with van der Waals surface area (Å²) < 4.78 is 11.4. The van der Waals surface area contributed by atoms with Crippen molar-refractivity contribution in [1.82, 2.24) is 0 Å². The van der Waals surface area contributed by atoms with E-state index in [2.05, 4.69) is 374 Å². The summed E-state index contributed by atoms with van der Waals surface area (Å²) in [6.07, 6.45) is 0. The predicted molar refractivity (Wildman–Crippen MR) is 443 cm³/mol. The van der Waals surface area contributed by atoms with E-state index >= 15 is 0 Å². The maximum Gasteiger partial charge on any atom is 0.569 e. The standard InChI is InChI=1S/C49H32S.C25H17Br.C24H16BO2S/c1-4-14-33(15-5-1)36-26-29-47-43(30-36)44-32-37(34-16-6-2-7-17-34)31-42(48(44)50-47)35-24-27-39(28-25-35)49(38-18-8-3-9-19-38)45-22-12-10-20-40(45)41-21-11-13-23-46(41)49;26-20-16-14-19(15-17-20)25(18-8-2-1-3-9-18)23-12-6-4-10-21(23)22-11-5-7-13-24(22)25;26-25-27-22-15-19(17-9-5-2-6-10-17)14-21-20-13-18(16-7-3-1-4-8-16)11-12-23(20)28-24(21)22/h1-32H;1-17H;1-15,26H. The Kier molecular flexibility index (Phi) is 17.1. The van der Waals surface area contributed by atoms with Crippen LogP contribution in [0.25, 0.3) is 118 Å². The molecule has 0 atom stereocenters. The van der Waals surface area contributed by atoms with E-state index in [9.17, 15) is 5.02 Å². The Balaban J connectivity index is 0.000000121. The highest BCUT2D eigenvalue weighted by molar-refractivity contribution is 9.10. The summed E-state index contributed by atoms with van der Waals surface area (Å²) in [5.74, 6) is 0.668. The number of fused-ring (bicyclic) bond motifs is 12. The number of rotatable bonds is 11. The molecule has 1 N–H and O–H groups in total. The lowest BCUT2D eigenvalue weighted by Gasteiger charge is -2.34. The lowest BCUT2D eigenvalue weighted by molar-refractivity contribution is 0.457. The number of thiophene rings is 2. The van der Waals surface area contributed by atoms with E-state index in [1.54, 1.807) is 11.3 Å². The zero-order valence-electron chi connectivity index (χ0n) is 56.6. The molecule has 0 fully saturated rings. The third-order valence-corrected chi connectivity index (χ3v) is 23.9. The second-order valence-corrected chi connectivity index (χ2v) is 29.6. The van der Waals surface area contributed by atoms with Crippen molar-refractivity contribution in [3.63, 3.8) is 0 Å². The zero-order chi connectivity index (χ0) is 69.6. The Bertz CT molecular complexity index is 6070. The van der Waals surface area contributed by atoms with Crippen LogP contribution in [0.2, 0.25) is 0 Å². The van der Waals surface area contributed by atoms with Crippen LogP contribution in [-0.2, 0) is 10.8 Å². The van der Waals surface area contributed by atoms with Gasteiger partial charge in [-0.15, -0.1) is 22.7 Å². The van der Waals surface area contributed by atoms with Gasteiger partial charge in [-0.3, -0.25) is 0 Å². The second kappa shape index (κ2) is 27.6. The molecule has 2 aliphatic rings. The first-order valence-electron chi connectivity index (χ1n) is 35.2. The van der Waals surface area contributed by atoms with Gasteiger partial charge in [-0.1, -0.05) is 344 Å². The Morgan fingerprint density at radius 2 is 0.558 bits per heavy atom. The average Bonchev–Trinajstić information content (AvgIpc) is 1.54. The van der Waals surface area contributed by atoms with E-state index in [1.807, 2.05) is 41.7 Å². The Morgan fingerprint density at radius 1 is 0.250 bits per heavy atom. The largest absolute Gasteiger partial charge is 0.569 e. The quantitative estimate of drug-likeness (QED) is 0.131. The molecule has 0 aliphatic heterocycles. The Hall–Kier alpha value is -11.7. The molecule has 2 nitrogen and oxygen atoms in total. The molecular weight excluding hydrogens is 1360 g/mol. The molecule has 0 unspecified atom stereocenters. The molecule has 18 aromatic rings. The van der Waals surface area contributed by atoms with E-state index in [0.717, 1.165) is 33.4 Å². The molecule has 0 amide bonds. The van der Waals surface area contributed by atoms with Gasteiger partial charge in [0, 0.05) is 45.7 Å². The number of benzene rings is 16. The Labute approximate surface area is 623 Å². The summed E-state index contributed by atoms with van der Waals surface area (Å²) in [6, 6.07) is 140. The van der Waals surface area contributed by atoms with Crippen LogP contribution in [0.4, 0.5) is 0 Å². The van der Waals surface area contributed by atoms with Gasteiger partial charge in [0.25, 0.3) is 0 Å². The highest BCUT2D eigenvalue weighted by Gasteiger charge is 2.47. The molecule has 2 aromatic heterocycles.